The summed E-state index contributed by atoms with van der Waals surface area (Å²) >= 11 is 7.45. The molecule has 5 rings (SSSR count). The van der Waals surface area contributed by atoms with Crippen LogP contribution in [0, 0.1) is 18.3 Å². The Morgan fingerprint density at radius 3 is 2.66 bits per heavy atom. The minimum Gasteiger partial charge on any atom is -0.497 e. The van der Waals surface area contributed by atoms with E-state index in [1.807, 2.05) is 36.4 Å². The summed E-state index contributed by atoms with van der Waals surface area (Å²) in [5.74, 6) is 0.384. The van der Waals surface area contributed by atoms with Crippen LogP contribution < -0.4 is 20.8 Å². The van der Waals surface area contributed by atoms with E-state index in [-0.39, 0.29) is 22.8 Å². The molecule has 1 aliphatic rings. The van der Waals surface area contributed by atoms with E-state index >= 15 is 0 Å². The van der Waals surface area contributed by atoms with Crippen LogP contribution in [-0.4, -0.2) is 12.1 Å². The minimum absolute atomic E-state index is 0.0665. The maximum Gasteiger partial charge on any atom is 0.343 e. The lowest BCUT2D eigenvalue weighted by Crippen LogP contribution is -2.26. The zero-order chi connectivity index (χ0) is 24.7. The average molecular weight is 504 g/mol. The summed E-state index contributed by atoms with van der Waals surface area (Å²) in [6.45, 7) is 1.64. The first-order valence-electron chi connectivity index (χ1n) is 10.5. The van der Waals surface area contributed by atoms with Crippen molar-refractivity contribution >= 4 is 34.3 Å². The number of hydrogen-bond acceptors (Lipinski definition) is 8. The number of allylic oxidation sites excluding steroid dienone is 1. The van der Waals surface area contributed by atoms with Gasteiger partial charge in [-0.1, -0.05) is 23.4 Å². The summed E-state index contributed by atoms with van der Waals surface area (Å²) in [7, 11) is 1.58. The van der Waals surface area contributed by atoms with Gasteiger partial charge in [-0.3, -0.25) is 0 Å². The third-order valence-electron chi connectivity index (χ3n) is 5.61. The molecule has 0 saturated heterocycles. The number of nitriles is 1. The SMILES string of the molecule is COc1ccc2nc(Sc3ccc(Cl)cc3)c(C3C(C#N)=C(N)Oc4cc(C)oc(=O)c43)cc2c1. The van der Waals surface area contributed by atoms with Crippen molar-refractivity contribution in [1.82, 2.24) is 4.98 Å². The molecule has 3 heterocycles. The van der Waals surface area contributed by atoms with Gasteiger partial charge in [-0.25, -0.2) is 9.78 Å². The van der Waals surface area contributed by atoms with Gasteiger partial charge in [0.15, 0.2) is 0 Å². The van der Waals surface area contributed by atoms with Gasteiger partial charge in [-0.15, -0.1) is 0 Å². The van der Waals surface area contributed by atoms with Crippen LogP contribution in [0.3, 0.4) is 0 Å². The van der Waals surface area contributed by atoms with E-state index in [1.54, 1.807) is 32.2 Å². The van der Waals surface area contributed by atoms with E-state index in [4.69, 9.17) is 36.2 Å². The van der Waals surface area contributed by atoms with Crippen LogP contribution in [0.25, 0.3) is 10.9 Å². The van der Waals surface area contributed by atoms with Crippen LogP contribution in [0.5, 0.6) is 11.5 Å². The van der Waals surface area contributed by atoms with Crippen LogP contribution in [0.2, 0.25) is 5.02 Å². The highest BCUT2D eigenvalue weighted by Gasteiger charge is 2.36. The summed E-state index contributed by atoms with van der Waals surface area (Å²) in [4.78, 5) is 18.8. The maximum atomic E-state index is 13.0. The largest absolute Gasteiger partial charge is 0.497 e. The van der Waals surface area contributed by atoms with Gasteiger partial charge in [0, 0.05) is 21.4 Å². The summed E-state index contributed by atoms with van der Waals surface area (Å²) < 4.78 is 16.4. The van der Waals surface area contributed by atoms with Crippen LogP contribution in [0.4, 0.5) is 0 Å². The molecule has 0 fully saturated rings. The number of halogens is 1. The van der Waals surface area contributed by atoms with Crippen LogP contribution in [0.15, 0.2) is 85.2 Å². The number of aromatic nitrogens is 1. The molecule has 7 nitrogen and oxygen atoms in total. The molecule has 35 heavy (non-hydrogen) atoms. The second kappa shape index (κ2) is 9.02. The first-order chi connectivity index (χ1) is 16.9. The maximum absolute atomic E-state index is 13.0. The summed E-state index contributed by atoms with van der Waals surface area (Å²) in [6, 6.07) is 18.5. The van der Waals surface area contributed by atoms with Gasteiger partial charge < -0.3 is 19.6 Å². The number of nitrogens with zero attached hydrogens (tertiary/aromatic N) is 2. The average Bonchev–Trinajstić information content (AvgIpc) is 2.83. The first-order valence-corrected chi connectivity index (χ1v) is 11.7. The Kier molecular flexibility index (Phi) is 5.89. The molecule has 0 saturated carbocycles. The fraction of sp³-hybridized carbons (Fsp3) is 0.115. The van der Waals surface area contributed by atoms with Crippen LogP contribution in [0.1, 0.15) is 22.8 Å². The lowest BCUT2D eigenvalue weighted by atomic mass is 9.84. The molecule has 1 atom stereocenters. The van der Waals surface area contributed by atoms with E-state index in [0.717, 1.165) is 15.8 Å². The predicted molar refractivity (Wildman–Crippen MR) is 133 cm³/mol. The minimum atomic E-state index is -0.835. The van der Waals surface area contributed by atoms with Gasteiger partial charge in [0.1, 0.15) is 33.9 Å². The molecule has 4 aromatic rings. The smallest absolute Gasteiger partial charge is 0.343 e. The highest BCUT2D eigenvalue weighted by Crippen LogP contribution is 2.45. The Bertz CT molecular complexity index is 1610. The van der Waals surface area contributed by atoms with E-state index in [1.165, 1.54) is 11.8 Å². The van der Waals surface area contributed by atoms with Crippen molar-refractivity contribution in [3.8, 4) is 17.6 Å². The van der Waals surface area contributed by atoms with Gasteiger partial charge in [-0.2, -0.15) is 5.26 Å². The lowest BCUT2D eigenvalue weighted by Gasteiger charge is -2.26. The number of benzene rings is 2. The topological polar surface area (TPSA) is 111 Å². The number of pyridine rings is 1. The second-order valence-electron chi connectivity index (χ2n) is 7.84. The Balaban J connectivity index is 1.80. The van der Waals surface area contributed by atoms with Crippen molar-refractivity contribution in [3.05, 3.63) is 98.4 Å². The van der Waals surface area contributed by atoms with E-state index < -0.39 is 11.5 Å². The van der Waals surface area contributed by atoms with Crippen molar-refractivity contribution in [2.75, 3.05) is 7.11 Å². The molecule has 2 aromatic carbocycles. The lowest BCUT2D eigenvalue weighted by molar-refractivity contribution is 0.371. The highest BCUT2D eigenvalue weighted by molar-refractivity contribution is 7.99. The van der Waals surface area contributed by atoms with Crippen LogP contribution in [-0.2, 0) is 0 Å². The monoisotopic (exact) mass is 503 g/mol. The molecule has 9 heteroatoms. The van der Waals surface area contributed by atoms with Crippen molar-refractivity contribution < 1.29 is 13.9 Å². The standard InChI is InChI=1S/C26H18ClN3O4S/c1-13-9-21-23(26(31)33-13)22(19(12-28)24(29)34-21)18-11-14-10-16(32-2)5-8-20(14)30-25(18)35-17-6-3-15(27)4-7-17/h3-11,22H,29H2,1-2H3. The van der Waals surface area contributed by atoms with Gasteiger partial charge in [-0.05, 0) is 61.0 Å². The number of aryl methyl sites for hydroxylation is 1. The molecule has 0 radical (unpaired) electrons. The summed E-state index contributed by atoms with van der Waals surface area (Å²) in [6.07, 6.45) is 0. The number of nitrogens with two attached hydrogens (primary N) is 1. The van der Waals surface area contributed by atoms with Crippen molar-refractivity contribution in [2.24, 2.45) is 5.73 Å². The Morgan fingerprint density at radius 1 is 1.17 bits per heavy atom. The normalized spacial score (nSPS) is 14.9. The van der Waals surface area contributed by atoms with E-state index in [9.17, 15) is 10.1 Å². The number of fused-ring (bicyclic) bond motifs is 2. The second-order valence-corrected chi connectivity index (χ2v) is 9.34. The molecule has 1 aliphatic heterocycles. The van der Waals surface area contributed by atoms with Crippen molar-refractivity contribution in [2.45, 2.75) is 22.8 Å². The Morgan fingerprint density at radius 2 is 1.94 bits per heavy atom. The van der Waals surface area contributed by atoms with Crippen molar-refractivity contribution in [3.63, 3.8) is 0 Å². The van der Waals surface area contributed by atoms with Gasteiger partial charge in [0.25, 0.3) is 0 Å². The molecule has 2 aromatic heterocycles. The summed E-state index contributed by atoms with van der Waals surface area (Å²) in [5.41, 5.74) is 7.20. The van der Waals surface area contributed by atoms with Gasteiger partial charge in [0.05, 0.1) is 24.1 Å². The highest BCUT2D eigenvalue weighted by atomic mass is 35.5. The zero-order valence-corrected chi connectivity index (χ0v) is 20.2. The Labute approximate surface area is 209 Å². The fourth-order valence-corrected chi connectivity index (χ4v) is 5.07. The number of rotatable bonds is 4. The number of ether oxygens (including phenoxy) is 2. The first kappa shape index (κ1) is 22.8. The number of hydrogen-bond donors (Lipinski definition) is 1. The fourth-order valence-electron chi connectivity index (χ4n) is 4.01. The molecule has 2 N–H and O–H groups in total. The van der Waals surface area contributed by atoms with Gasteiger partial charge >= 0.3 is 5.63 Å². The molecular formula is C26H18ClN3O4S. The third kappa shape index (κ3) is 4.20. The van der Waals surface area contributed by atoms with Crippen LogP contribution >= 0.6 is 23.4 Å². The van der Waals surface area contributed by atoms with Gasteiger partial charge in [0.2, 0.25) is 5.88 Å². The quantitative estimate of drug-likeness (QED) is 0.387. The van der Waals surface area contributed by atoms with E-state index in [2.05, 4.69) is 6.07 Å². The zero-order valence-electron chi connectivity index (χ0n) is 18.7. The number of methoxy groups -OCH3 is 1. The van der Waals surface area contributed by atoms with Crippen molar-refractivity contribution in [1.29, 1.82) is 5.26 Å². The molecular weight excluding hydrogens is 486 g/mol. The molecule has 174 valence electrons. The molecule has 0 amide bonds. The Hall–Kier alpha value is -3.93. The molecule has 0 aliphatic carbocycles. The third-order valence-corrected chi connectivity index (χ3v) is 6.89. The molecule has 0 spiro atoms. The molecule has 0 bridgehead atoms. The van der Waals surface area contributed by atoms with E-state index in [0.29, 0.717) is 27.1 Å². The summed E-state index contributed by atoms with van der Waals surface area (Å²) in [5, 5.41) is 12.0. The predicted octanol–water partition coefficient (Wildman–Crippen LogP) is 5.53. The molecule has 1 unspecified atom stereocenters.